The smallest absolute Gasteiger partial charge is 0.257 e. The molecule has 16 heavy (non-hydrogen) atoms. The minimum atomic E-state index is -2.48. The molecular weight excluding hydrogens is 210 g/mol. The molecule has 0 bridgehead atoms. The van der Waals surface area contributed by atoms with Crippen molar-refractivity contribution >= 4 is 0 Å². The SMILES string of the molecule is C=C(C1CC1(F)F)N1CCN(C(C)C)CC1. The minimum absolute atomic E-state index is 0.00374. The van der Waals surface area contributed by atoms with Gasteiger partial charge in [-0.1, -0.05) is 6.58 Å². The minimum Gasteiger partial charge on any atom is -0.372 e. The molecule has 1 unspecified atom stereocenters. The van der Waals surface area contributed by atoms with Crippen LogP contribution >= 0.6 is 0 Å². The number of hydrogen-bond donors (Lipinski definition) is 0. The zero-order chi connectivity index (χ0) is 11.9. The Morgan fingerprint density at radius 3 is 2.12 bits per heavy atom. The first-order valence-electron chi connectivity index (χ1n) is 5.97. The van der Waals surface area contributed by atoms with Crippen molar-refractivity contribution in [1.29, 1.82) is 0 Å². The topological polar surface area (TPSA) is 6.48 Å². The van der Waals surface area contributed by atoms with E-state index in [4.69, 9.17) is 0 Å². The fourth-order valence-electron chi connectivity index (χ4n) is 2.32. The Bertz CT molecular complexity index is 281. The Morgan fingerprint density at radius 1 is 1.25 bits per heavy atom. The summed E-state index contributed by atoms with van der Waals surface area (Å²) in [6, 6.07) is 0.540. The van der Waals surface area contributed by atoms with E-state index in [1.54, 1.807) is 0 Å². The molecule has 2 nitrogen and oxygen atoms in total. The first kappa shape index (κ1) is 11.8. The number of hydrogen-bond acceptors (Lipinski definition) is 2. The fraction of sp³-hybridized carbons (Fsp3) is 0.833. The summed E-state index contributed by atoms with van der Waals surface area (Å²) >= 11 is 0. The highest BCUT2D eigenvalue weighted by molar-refractivity contribution is 5.16. The van der Waals surface area contributed by atoms with Gasteiger partial charge >= 0.3 is 0 Å². The van der Waals surface area contributed by atoms with Crippen LogP contribution in [0.4, 0.5) is 8.78 Å². The van der Waals surface area contributed by atoms with Gasteiger partial charge in [-0.25, -0.2) is 8.78 Å². The van der Waals surface area contributed by atoms with Crippen LogP contribution in [0.15, 0.2) is 12.3 Å². The molecule has 1 atom stereocenters. The number of piperazine rings is 1. The molecule has 2 aliphatic rings. The van der Waals surface area contributed by atoms with E-state index >= 15 is 0 Å². The molecular formula is C12H20F2N2. The quantitative estimate of drug-likeness (QED) is 0.733. The van der Waals surface area contributed by atoms with Gasteiger partial charge in [0.2, 0.25) is 0 Å². The van der Waals surface area contributed by atoms with E-state index in [1.165, 1.54) is 0 Å². The third-order valence-electron chi connectivity index (χ3n) is 3.68. The van der Waals surface area contributed by atoms with Crippen LogP contribution < -0.4 is 0 Å². The number of alkyl halides is 2. The molecule has 1 aliphatic heterocycles. The van der Waals surface area contributed by atoms with Crippen molar-refractivity contribution in [2.45, 2.75) is 32.2 Å². The summed E-state index contributed by atoms with van der Waals surface area (Å²) in [4.78, 5) is 4.40. The van der Waals surface area contributed by atoms with Crippen LogP contribution in [0.2, 0.25) is 0 Å². The van der Waals surface area contributed by atoms with E-state index < -0.39 is 11.8 Å². The van der Waals surface area contributed by atoms with Gasteiger partial charge in [-0.2, -0.15) is 0 Å². The third-order valence-corrected chi connectivity index (χ3v) is 3.68. The van der Waals surface area contributed by atoms with E-state index in [0.717, 1.165) is 26.2 Å². The Kier molecular flexibility index (Phi) is 2.95. The van der Waals surface area contributed by atoms with Gasteiger partial charge in [0.1, 0.15) is 0 Å². The van der Waals surface area contributed by atoms with Crippen molar-refractivity contribution in [3.63, 3.8) is 0 Å². The maximum Gasteiger partial charge on any atom is 0.257 e. The molecule has 2 rings (SSSR count). The fourth-order valence-corrected chi connectivity index (χ4v) is 2.32. The van der Waals surface area contributed by atoms with Crippen LogP contribution in [0.5, 0.6) is 0 Å². The van der Waals surface area contributed by atoms with Crippen molar-refractivity contribution in [3.8, 4) is 0 Å². The lowest BCUT2D eigenvalue weighted by atomic mass is 10.2. The Morgan fingerprint density at radius 2 is 1.75 bits per heavy atom. The Hall–Kier alpha value is -0.640. The number of halogens is 2. The highest BCUT2D eigenvalue weighted by atomic mass is 19.3. The summed E-state index contributed by atoms with van der Waals surface area (Å²) in [6.07, 6.45) is -0.00374. The third kappa shape index (κ3) is 2.21. The highest BCUT2D eigenvalue weighted by Crippen LogP contribution is 2.53. The van der Waals surface area contributed by atoms with E-state index in [1.807, 2.05) is 4.90 Å². The van der Waals surface area contributed by atoms with Gasteiger partial charge in [0, 0.05) is 44.3 Å². The molecule has 0 aromatic carbocycles. The van der Waals surface area contributed by atoms with Crippen LogP contribution in [0, 0.1) is 5.92 Å². The van der Waals surface area contributed by atoms with Gasteiger partial charge < -0.3 is 4.90 Å². The number of nitrogens with zero attached hydrogens (tertiary/aromatic N) is 2. The van der Waals surface area contributed by atoms with E-state index in [2.05, 4.69) is 25.3 Å². The molecule has 0 aromatic rings. The van der Waals surface area contributed by atoms with Crippen molar-refractivity contribution in [2.75, 3.05) is 26.2 Å². The van der Waals surface area contributed by atoms with Crippen LogP contribution in [0.1, 0.15) is 20.3 Å². The van der Waals surface area contributed by atoms with Crippen molar-refractivity contribution in [1.82, 2.24) is 9.80 Å². The maximum atomic E-state index is 12.9. The molecule has 0 N–H and O–H groups in total. The summed E-state index contributed by atoms with van der Waals surface area (Å²) < 4.78 is 25.8. The van der Waals surface area contributed by atoms with Crippen LogP contribution in [-0.2, 0) is 0 Å². The van der Waals surface area contributed by atoms with Gasteiger partial charge in [0.15, 0.2) is 0 Å². The molecule has 1 heterocycles. The van der Waals surface area contributed by atoms with Gasteiger partial charge in [-0.15, -0.1) is 0 Å². The average Bonchev–Trinajstić information content (AvgIpc) is 2.87. The largest absolute Gasteiger partial charge is 0.372 e. The first-order valence-corrected chi connectivity index (χ1v) is 5.97. The first-order chi connectivity index (χ1) is 7.42. The monoisotopic (exact) mass is 230 g/mol. The summed E-state index contributed by atoms with van der Waals surface area (Å²) in [6.45, 7) is 11.7. The van der Waals surface area contributed by atoms with E-state index in [-0.39, 0.29) is 6.42 Å². The zero-order valence-corrected chi connectivity index (χ0v) is 10.0. The van der Waals surface area contributed by atoms with E-state index in [0.29, 0.717) is 11.7 Å². The van der Waals surface area contributed by atoms with Crippen molar-refractivity contribution in [2.24, 2.45) is 5.92 Å². The zero-order valence-electron chi connectivity index (χ0n) is 10.0. The average molecular weight is 230 g/mol. The normalized spacial score (nSPS) is 29.6. The van der Waals surface area contributed by atoms with Crippen LogP contribution in [0.3, 0.4) is 0 Å². The molecule has 0 amide bonds. The predicted molar refractivity (Wildman–Crippen MR) is 60.5 cm³/mol. The molecule has 4 heteroatoms. The molecule has 1 saturated carbocycles. The number of rotatable bonds is 3. The van der Waals surface area contributed by atoms with Crippen molar-refractivity contribution < 1.29 is 8.78 Å². The molecule has 92 valence electrons. The number of allylic oxidation sites excluding steroid dienone is 1. The molecule has 0 spiro atoms. The summed E-state index contributed by atoms with van der Waals surface area (Å²) in [5.74, 6) is -3.06. The highest BCUT2D eigenvalue weighted by Gasteiger charge is 2.59. The van der Waals surface area contributed by atoms with Gasteiger partial charge in [-0.3, -0.25) is 4.90 Å². The molecule has 1 aliphatic carbocycles. The molecule has 0 aromatic heterocycles. The van der Waals surface area contributed by atoms with Crippen molar-refractivity contribution in [3.05, 3.63) is 12.3 Å². The lowest BCUT2D eigenvalue weighted by Crippen LogP contribution is -2.48. The Labute approximate surface area is 95.9 Å². The standard InChI is InChI=1S/C12H20F2N2/c1-9(2)15-4-6-16(7-5-15)10(3)11-8-12(11,13)14/h9,11H,3-8H2,1-2H3. The van der Waals surface area contributed by atoms with Gasteiger partial charge in [0.05, 0.1) is 5.92 Å². The second kappa shape index (κ2) is 3.99. The summed E-state index contributed by atoms with van der Waals surface area (Å²) in [5.41, 5.74) is 0.647. The maximum absolute atomic E-state index is 12.9. The second-order valence-corrected chi connectivity index (χ2v) is 5.13. The Balaban J connectivity index is 1.83. The predicted octanol–water partition coefficient (Wildman–Crippen LogP) is 2.18. The lowest BCUT2D eigenvalue weighted by molar-refractivity contribution is 0.0876. The summed E-state index contributed by atoms with van der Waals surface area (Å²) in [7, 11) is 0. The van der Waals surface area contributed by atoms with E-state index in [9.17, 15) is 8.78 Å². The van der Waals surface area contributed by atoms with Gasteiger partial charge in [-0.05, 0) is 13.8 Å². The van der Waals surface area contributed by atoms with Gasteiger partial charge in [0.25, 0.3) is 5.92 Å². The molecule has 2 fully saturated rings. The van der Waals surface area contributed by atoms with Crippen LogP contribution in [-0.4, -0.2) is 47.9 Å². The lowest BCUT2D eigenvalue weighted by Gasteiger charge is -2.39. The molecule has 0 radical (unpaired) electrons. The van der Waals surface area contributed by atoms with Crippen LogP contribution in [0.25, 0.3) is 0 Å². The second-order valence-electron chi connectivity index (χ2n) is 5.13. The summed E-state index contributed by atoms with van der Waals surface area (Å²) in [5, 5.41) is 0. The molecule has 1 saturated heterocycles.